The molecular weight excluding hydrogens is 778 g/mol. The Hall–Kier alpha value is -0.479. The number of aliphatic hydroxyl groups is 1. The van der Waals surface area contributed by atoms with Crippen molar-refractivity contribution in [2.75, 3.05) is 19.8 Å². The Labute approximate surface area is 350 Å². The number of aliphatic hydroxyl groups excluding tert-OH is 1. The van der Waals surface area contributed by atoms with E-state index in [2.05, 4.69) is 132 Å². The molecule has 1 unspecified atom stereocenters. The minimum Gasteiger partial charge on any atom is -0.413 e. The highest BCUT2D eigenvalue weighted by Crippen LogP contribution is 2.44. The van der Waals surface area contributed by atoms with Crippen LogP contribution in [0, 0.1) is 24.2 Å². The monoisotopic (exact) mass is 859 g/mol. The van der Waals surface area contributed by atoms with Crippen molar-refractivity contribution >= 4 is 59.7 Å². The highest BCUT2D eigenvalue weighted by molar-refractivity contribution is 7.09. The van der Waals surface area contributed by atoms with Crippen molar-refractivity contribution in [1.82, 2.24) is 4.98 Å². The van der Waals surface area contributed by atoms with Crippen LogP contribution >= 0.6 is 22.9 Å². The number of carbonyl (C=O) groups is 1. The minimum absolute atomic E-state index is 0.0318. The number of hydrogen-bond acceptors (Lipinski definition) is 8. The fraction of sp³-hybridized carbons (Fsp3) is 0.814. The van der Waals surface area contributed by atoms with Crippen LogP contribution in [-0.4, -0.2) is 79.0 Å². The molecule has 0 aliphatic heterocycles. The average Bonchev–Trinajstić information content (AvgIpc) is 3.42. The molecule has 0 radical (unpaired) electrons. The number of carbonyl (C=O) groups excluding carboxylic acids is 1. The van der Waals surface area contributed by atoms with E-state index in [1.54, 1.807) is 11.3 Å². The van der Waals surface area contributed by atoms with Crippen LogP contribution in [0.3, 0.4) is 0 Å². The highest BCUT2D eigenvalue weighted by atomic mass is 35.5. The highest BCUT2D eigenvalue weighted by Gasteiger charge is 2.49. The van der Waals surface area contributed by atoms with Crippen molar-refractivity contribution in [3.05, 3.63) is 32.8 Å². The third-order valence-corrected chi connectivity index (χ3v) is 27.2. The zero-order valence-corrected chi connectivity index (χ0v) is 43.4. The number of aryl methyl sites for hydroxylation is 1. The van der Waals surface area contributed by atoms with Gasteiger partial charge in [-0.15, -0.1) is 11.3 Å². The number of halogens is 1. The van der Waals surface area contributed by atoms with Crippen LogP contribution in [0.4, 0.5) is 0 Å². The summed E-state index contributed by atoms with van der Waals surface area (Å²) >= 11 is 8.50. The van der Waals surface area contributed by atoms with Crippen LogP contribution in [0.25, 0.3) is 6.08 Å². The molecule has 1 heterocycles. The van der Waals surface area contributed by atoms with E-state index in [1.807, 2.05) is 33.8 Å². The third-order valence-electron chi connectivity index (χ3n) is 12.7. The first kappa shape index (κ1) is 52.5. The van der Waals surface area contributed by atoms with Crippen LogP contribution in [-0.2, 0) is 22.8 Å². The Morgan fingerprint density at radius 1 is 0.873 bits per heavy atom. The van der Waals surface area contributed by atoms with E-state index in [1.165, 1.54) is 0 Å². The molecule has 1 aromatic rings. The van der Waals surface area contributed by atoms with E-state index >= 15 is 0 Å². The lowest BCUT2D eigenvalue weighted by Gasteiger charge is -2.46. The molecule has 0 amide bonds. The Morgan fingerprint density at radius 3 is 1.82 bits per heavy atom. The zero-order chi connectivity index (χ0) is 43.2. The maximum Gasteiger partial charge on any atom is 0.192 e. The fourth-order valence-corrected chi connectivity index (χ4v) is 10.7. The molecule has 7 nitrogen and oxygen atoms in total. The fourth-order valence-electron chi connectivity index (χ4n) is 5.70. The molecule has 0 fully saturated rings. The van der Waals surface area contributed by atoms with Gasteiger partial charge in [-0.05, 0) is 92.7 Å². The molecule has 1 N–H and O–H groups in total. The summed E-state index contributed by atoms with van der Waals surface area (Å²) in [7, 11) is -6.61. The number of thiazole rings is 1. The molecule has 12 heteroatoms. The molecule has 0 aliphatic carbocycles. The van der Waals surface area contributed by atoms with E-state index < -0.39 is 42.4 Å². The molecule has 1 rings (SSSR count). The second-order valence-corrected chi connectivity index (χ2v) is 36.8. The van der Waals surface area contributed by atoms with Crippen molar-refractivity contribution in [2.45, 2.75) is 189 Å². The molecule has 55 heavy (non-hydrogen) atoms. The van der Waals surface area contributed by atoms with Crippen LogP contribution in [0.1, 0.15) is 120 Å². The smallest absolute Gasteiger partial charge is 0.192 e. The van der Waals surface area contributed by atoms with Gasteiger partial charge in [-0.1, -0.05) is 108 Å². The number of Topliss-reactive ketones (excluding diaryl/α,β-unsaturated/α-hetero) is 1. The van der Waals surface area contributed by atoms with Gasteiger partial charge >= 0.3 is 0 Å². The first-order valence-corrected chi connectivity index (χ1v) is 30.3. The van der Waals surface area contributed by atoms with Gasteiger partial charge in [0.15, 0.2) is 25.0 Å². The lowest BCUT2D eigenvalue weighted by molar-refractivity contribution is -0.141. The summed E-state index contributed by atoms with van der Waals surface area (Å²) in [5.41, 5.74) is 1.23. The van der Waals surface area contributed by atoms with Crippen molar-refractivity contribution in [3.8, 4) is 0 Å². The summed E-state index contributed by atoms with van der Waals surface area (Å²) in [4.78, 5) is 19.3. The molecule has 5 atom stereocenters. The molecule has 0 bridgehead atoms. The Bertz CT molecular complexity index is 1430. The van der Waals surface area contributed by atoms with Crippen molar-refractivity contribution < 1.29 is 27.9 Å². The first-order chi connectivity index (χ1) is 24.6. The van der Waals surface area contributed by atoms with E-state index in [0.29, 0.717) is 24.5 Å². The largest absolute Gasteiger partial charge is 0.413 e. The van der Waals surface area contributed by atoms with Crippen LogP contribution in [0.5, 0.6) is 0 Å². The third kappa shape index (κ3) is 15.2. The van der Waals surface area contributed by atoms with Gasteiger partial charge in [-0.3, -0.25) is 4.79 Å². The van der Waals surface area contributed by atoms with Crippen LogP contribution in [0.2, 0.25) is 54.4 Å². The van der Waals surface area contributed by atoms with E-state index in [4.69, 9.17) is 29.6 Å². The minimum atomic E-state index is -2.29. The maximum absolute atomic E-state index is 14.7. The van der Waals surface area contributed by atoms with Gasteiger partial charge in [-0.2, -0.15) is 0 Å². The van der Waals surface area contributed by atoms with E-state index in [0.717, 1.165) is 16.3 Å². The van der Waals surface area contributed by atoms with Gasteiger partial charge in [0.05, 0.1) is 42.2 Å². The van der Waals surface area contributed by atoms with Gasteiger partial charge in [0.2, 0.25) is 0 Å². The molecular formula is C43H82ClNO6SSi3. The Balaban J connectivity index is 3.33. The molecule has 0 aromatic carbocycles. The lowest BCUT2D eigenvalue weighted by Crippen LogP contribution is -2.54. The van der Waals surface area contributed by atoms with Gasteiger partial charge in [0, 0.05) is 34.3 Å². The van der Waals surface area contributed by atoms with Gasteiger partial charge in [-0.25, -0.2) is 4.98 Å². The van der Waals surface area contributed by atoms with E-state index in [9.17, 15) is 9.90 Å². The molecule has 0 aliphatic rings. The van der Waals surface area contributed by atoms with Crippen molar-refractivity contribution in [1.29, 1.82) is 0 Å². The van der Waals surface area contributed by atoms with Crippen molar-refractivity contribution in [3.63, 3.8) is 0 Å². The number of ether oxygens (including phenoxy) is 1. The molecule has 320 valence electrons. The summed E-state index contributed by atoms with van der Waals surface area (Å²) in [6.45, 7) is 46.2. The number of aromatic nitrogens is 1. The normalized spacial score (nSPS) is 17.6. The quantitative estimate of drug-likeness (QED) is 0.123. The zero-order valence-electron chi connectivity index (χ0n) is 38.9. The SMILES string of the molecule is C/C(=C\c1csc(C)n1)C(C/C=C(\Cl)COC[C@H](C)[C@H](O[Si](C)(C)C(C)(C)C)[C@@H](C)C(=O)C(C)(C)[C@H](CCO)O[Si](C)(C)C(C)(C)C)O[Si](C)(C)C(C)(C)C. The number of rotatable bonds is 21. The summed E-state index contributed by atoms with van der Waals surface area (Å²) < 4.78 is 27.2. The lowest BCUT2D eigenvalue weighted by atomic mass is 9.73. The molecule has 1 aromatic heterocycles. The molecule has 0 spiro atoms. The Morgan fingerprint density at radius 2 is 1.36 bits per heavy atom. The van der Waals surface area contributed by atoms with Gasteiger partial charge in [0.25, 0.3) is 0 Å². The molecule has 0 saturated carbocycles. The second-order valence-electron chi connectivity index (χ2n) is 21.0. The topological polar surface area (TPSA) is 87.1 Å². The standard InChI is InChI=1S/C43H82ClNO6SSi3/c1-30(26-35-29-52-33(4)45-35)36(49-53(16,17)40(5,6)7)23-22-34(44)28-48-27-31(2)38(51-55(20,21)42(11,12)13)32(3)39(47)43(14,15)37(24-25-46)50-54(18,19)41(8,9)10/h22,26,29,31-32,36-38,46H,23-25,27-28H2,1-21H3/b30-26+,34-22-/t31-,32+,36?,37-,38-/m0/s1. The number of nitrogens with zero attached hydrogens (tertiary/aromatic N) is 1. The predicted molar refractivity (Wildman–Crippen MR) is 245 cm³/mol. The second kappa shape index (κ2) is 20.2. The maximum atomic E-state index is 14.7. The van der Waals surface area contributed by atoms with Crippen molar-refractivity contribution in [2.24, 2.45) is 17.3 Å². The summed E-state index contributed by atoms with van der Waals surface area (Å²) in [5.74, 6) is -0.433. The summed E-state index contributed by atoms with van der Waals surface area (Å²) in [6.07, 6.45) is 4.25. The number of ketones is 1. The Kier molecular flexibility index (Phi) is 19.3. The number of hydrogen-bond donors (Lipinski definition) is 1. The van der Waals surface area contributed by atoms with Crippen LogP contribution < -0.4 is 0 Å². The van der Waals surface area contributed by atoms with Gasteiger partial charge in [0.1, 0.15) is 5.78 Å². The summed E-state index contributed by atoms with van der Waals surface area (Å²) in [5, 5.41) is 13.8. The summed E-state index contributed by atoms with van der Waals surface area (Å²) in [6, 6.07) is 0. The molecule has 0 saturated heterocycles. The first-order valence-electron chi connectivity index (χ1n) is 20.3. The average molecular weight is 861 g/mol. The van der Waals surface area contributed by atoms with Crippen LogP contribution in [0.15, 0.2) is 22.1 Å². The predicted octanol–water partition coefficient (Wildman–Crippen LogP) is 12.8. The van der Waals surface area contributed by atoms with Gasteiger partial charge < -0.3 is 23.1 Å². The van der Waals surface area contributed by atoms with E-state index in [-0.39, 0.29) is 52.2 Å².